The van der Waals surface area contributed by atoms with Crippen molar-refractivity contribution in [3.8, 4) is 16.8 Å². The summed E-state index contributed by atoms with van der Waals surface area (Å²) < 4.78 is 8.82. The molecule has 0 radical (unpaired) electrons. The Bertz CT molecular complexity index is 3240. The van der Waals surface area contributed by atoms with Gasteiger partial charge in [0.15, 0.2) is 5.84 Å². The maximum absolute atomic E-state index is 6.43. The lowest BCUT2D eigenvalue weighted by Crippen LogP contribution is -2.31. The van der Waals surface area contributed by atoms with Crippen molar-refractivity contribution in [2.45, 2.75) is 12.0 Å². The number of anilines is 2. The van der Waals surface area contributed by atoms with E-state index in [1.165, 1.54) is 21.9 Å². The summed E-state index contributed by atoms with van der Waals surface area (Å²) in [7, 11) is 0. The first-order valence-electron chi connectivity index (χ1n) is 19.5. The van der Waals surface area contributed by atoms with Crippen molar-refractivity contribution in [2.24, 2.45) is 9.98 Å². The molecule has 0 spiro atoms. The highest BCUT2D eigenvalue weighted by molar-refractivity contribution is 6.28. The van der Waals surface area contributed by atoms with E-state index in [4.69, 9.17) is 14.4 Å². The number of nitrogens with zero attached hydrogens (tertiary/aromatic N) is 4. The molecule has 0 bridgehead atoms. The summed E-state index contributed by atoms with van der Waals surface area (Å²) in [5, 5.41) is 4.66. The molecular formula is C52H34N4O. The molecule has 5 heteroatoms. The minimum absolute atomic E-state index is 0.0873. The molecule has 2 unspecified atom stereocenters. The Kier molecular flexibility index (Phi) is 6.99. The summed E-state index contributed by atoms with van der Waals surface area (Å²) >= 11 is 0. The summed E-state index contributed by atoms with van der Waals surface area (Å²) in [5.41, 5.74) is 13.1. The van der Waals surface area contributed by atoms with Gasteiger partial charge in [0.1, 0.15) is 17.0 Å². The van der Waals surface area contributed by atoms with Crippen LogP contribution in [0.15, 0.2) is 209 Å². The van der Waals surface area contributed by atoms with Crippen molar-refractivity contribution in [1.82, 2.24) is 4.57 Å². The number of furan rings is 1. The van der Waals surface area contributed by atoms with E-state index in [-0.39, 0.29) is 12.0 Å². The first kappa shape index (κ1) is 31.8. The zero-order chi connectivity index (χ0) is 37.5. The third-order valence-electron chi connectivity index (χ3n) is 11.7. The van der Waals surface area contributed by atoms with Gasteiger partial charge in [0.05, 0.1) is 28.7 Å². The minimum Gasteiger partial charge on any atom is -0.456 e. The fourth-order valence-electron chi connectivity index (χ4n) is 9.22. The van der Waals surface area contributed by atoms with E-state index in [1.54, 1.807) is 0 Å². The molecule has 5 nitrogen and oxygen atoms in total. The smallest absolute Gasteiger partial charge is 0.157 e. The molecule has 4 heterocycles. The third-order valence-corrected chi connectivity index (χ3v) is 11.7. The number of fused-ring (bicyclic) bond motifs is 10. The van der Waals surface area contributed by atoms with Crippen molar-refractivity contribution >= 4 is 66.8 Å². The minimum atomic E-state index is -0.161. The molecule has 0 N–H and O–H groups in total. The van der Waals surface area contributed by atoms with E-state index in [0.29, 0.717) is 0 Å². The van der Waals surface area contributed by atoms with Crippen LogP contribution in [0.25, 0.3) is 60.6 Å². The van der Waals surface area contributed by atoms with E-state index in [9.17, 15) is 0 Å². The van der Waals surface area contributed by atoms with E-state index < -0.39 is 0 Å². The number of hydrogen-bond donors (Lipinski definition) is 0. The number of rotatable bonds is 5. The second kappa shape index (κ2) is 12.5. The van der Waals surface area contributed by atoms with E-state index in [1.807, 2.05) is 12.1 Å². The van der Waals surface area contributed by atoms with Crippen LogP contribution in [0.3, 0.4) is 0 Å². The predicted octanol–water partition coefficient (Wildman–Crippen LogP) is 13.2. The second-order valence-corrected chi connectivity index (χ2v) is 14.9. The molecule has 0 amide bonds. The zero-order valence-electron chi connectivity index (χ0n) is 30.8. The van der Waals surface area contributed by atoms with Gasteiger partial charge in [0, 0.05) is 38.5 Å². The normalized spacial score (nSPS) is 16.2. The lowest BCUT2D eigenvalue weighted by atomic mass is 9.85. The van der Waals surface area contributed by atoms with E-state index in [2.05, 4.69) is 191 Å². The fraction of sp³-hybridized carbons (Fsp3) is 0.0385. The fourth-order valence-corrected chi connectivity index (χ4v) is 9.22. The van der Waals surface area contributed by atoms with Gasteiger partial charge in [-0.25, -0.2) is 4.99 Å². The number of aromatic nitrogens is 1. The van der Waals surface area contributed by atoms with Gasteiger partial charge in [0.2, 0.25) is 0 Å². The molecule has 2 atom stereocenters. The van der Waals surface area contributed by atoms with Crippen molar-refractivity contribution in [1.29, 1.82) is 0 Å². The van der Waals surface area contributed by atoms with Gasteiger partial charge in [-0.15, -0.1) is 0 Å². The Labute approximate surface area is 329 Å². The van der Waals surface area contributed by atoms with Crippen LogP contribution in [-0.4, -0.2) is 16.2 Å². The Morgan fingerprint density at radius 1 is 0.474 bits per heavy atom. The molecule has 268 valence electrons. The average Bonchev–Trinajstić information content (AvgIpc) is 3.94. The number of aliphatic imine (C=N–C) groups is 2. The lowest BCUT2D eigenvalue weighted by Gasteiger charge is -2.29. The highest BCUT2D eigenvalue weighted by atomic mass is 16.3. The molecule has 12 rings (SSSR count). The van der Waals surface area contributed by atoms with Gasteiger partial charge >= 0.3 is 0 Å². The van der Waals surface area contributed by atoms with Crippen LogP contribution in [0.4, 0.5) is 11.4 Å². The first-order chi connectivity index (χ1) is 28.3. The van der Waals surface area contributed by atoms with E-state index >= 15 is 0 Å². The summed E-state index contributed by atoms with van der Waals surface area (Å²) in [4.78, 5) is 13.2. The van der Waals surface area contributed by atoms with Gasteiger partial charge in [-0.2, -0.15) is 0 Å². The Hall–Kier alpha value is -7.50. The maximum Gasteiger partial charge on any atom is 0.157 e. The van der Waals surface area contributed by atoms with E-state index in [0.717, 1.165) is 78.4 Å². The zero-order valence-corrected chi connectivity index (χ0v) is 30.8. The largest absolute Gasteiger partial charge is 0.456 e. The number of amidine groups is 2. The molecule has 2 aromatic heterocycles. The molecule has 0 aliphatic carbocycles. The summed E-state index contributed by atoms with van der Waals surface area (Å²) in [6.07, 6.45) is 0. The lowest BCUT2D eigenvalue weighted by molar-refractivity contribution is 0.669. The standard InChI is InChI=1S/C52H34N4O/c1-5-15-33(16-6-1)50-49-41-32-36(26-28-43(41)56(38-21-11-4-12-22-38)52(49)54-51(53-50)34-17-7-2-8-18-34)35-25-27-42-40(31-35)47-44(55(42)37-19-9-3-10-20-37)29-30-46-48(47)39-23-13-14-24-45(39)57-46/h1-32,49-50H. The first-order valence-corrected chi connectivity index (χ1v) is 19.5. The molecular weight excluding hydrogens is 697 g/mol. The molecule has 8 aromatic carbocycles. The van der Waals surface area contributed by atoms with Crippen molar-refractivity contribution < 1.29 is 4.42 Å². The van der Waals surface area contributed by atoms with Crippen LogP contribution >= 0.6 is 0 Å². The topological polar surface area (TPSA) is 46.0 Å². The highest BCUT2D eigenvalue weighted by Gasteiger charge is 2.44. The molecule has 0 saturated heterocycles. The molecule has 10 aromatic rings. The van der Waals surface area contributed by atoms with Crippen LogP contribution in [0, 0.1) is 0 Å². The van der Waals surface area contributed by atoms with Gasteiger partial charge in [-0.3, -0.25) is 9.89 Å². The summed E-state index contributed by atoms with van der Waals surface area (Å²) in [5.74, 6) is 1.66. The van der Waals surface area contributed by atoms with Crippen LogP contribution in [-0.2, 0) is 0 Å². The highest BCUT2D eigenvalue weighted by Crippen LogP contribution is 2.52. The number of para-hydroxylation sites is 3. The Morgan fingerprint density at radius 3 is 1.91 bits per heavy atom. The molecule has 2 aliphatic heterocycles. The third kappa shape index (κ3) is 4.89. The predicted molar refractivity (Wildman–Crippen MR) is 234 cm³/mol. The SMILES string of the molecule is c1ccc(C2=NC(c3ccccc3)C3C(=N2)N(c2ccccc2)c2ccc(-c4ccc5c(c4)c4c6c(ccc4n5-c4ccccc4)oc4ccccc46)cc23)cc1. The Morgan fingerprint density at radius 2 is 1.12 bits per heavy atom. The number of benzene rings is 8. The molecule has 0 fully saturated rings. The van der Waals surface area contributed by atoms with Gasteiger partial charge in [-0.05, 0) is 89.0 Å². The maximum atomic E-state index is 6.43. The van der Waals surface area contributed by atoms with Crippen molar-refractivity contribution in [3.63, 3.8) is 0 Å². The van der Waals surface area contributed by atoms with Crippen LogP contribution in [0.2, 0.25) is 0 Å². The summed E-state index contributed by atoms with van der Waals surface area (Å²) in [6.45, 7) is 0. The van der Waals surface area contributed by atoms with Crippen LogP contribution < -0.4 is 4.90 Å². The number of hydrogen-bond acceptors (Lipinski definition) is 4. The Balaban J connectivity index is 1.09. The summed E-state index contributed by atoms with van der Waals surface area (Å²) in [6, 6.07) is 68.7. The quantitative estimate of drug-likeness (QED) is 0.177. The monoisotopic (exact) mass is 730 g/mol. The molecule has 0 saturated carbocycles. The van der Waals surface area contributed by atoms with Crippen molar-refractivity contribution in [2.75, 3.05) is 4.90 Å². The van der Waals surface area contributed by atoms with Gasteiger partial charge in [-0.1, -0.05) is 127 Å². The van der Waals surface area contributed by atoms with Gasteiger partial charge in [0.25, 0.3) is 0 Å². The van der Waals surface area contributed by atoms with Crippen LogP contribution in [0.1, 0.15) is 28.7 Å². The average molecular weight is 731 g/mol. The van der Waals surface area contributed by atoms with Crippen LogP contribution in [0.5, 0.6) is 0 Å². The van der Waals surface area contributed by atoms with Gasteiger partial charge < -0.3 is 8.98 Å². The van der Waals surface area contributed by atoms with Crippen molar-refractivity contribution in [3.05, 3.63) is 211 Å². The second-order valence-electron chi connectivity index (χ2n) is 14.9. The molecule has 2 aliphatic rings. The molecule has 57 heavy (non-hydrogen) atoms.